The Morgan fingerprint density at radius 3 is 2.45 bits per heavy atom. The summed E-state index contributed by atoms with van der Waals surface area (Å²) in [6.07, 6.45) is 6.74. The monoisotopic (exact) mass is 393 g/mol. The number of fused-ring (bicyclic) bond motifs is 1. The molecule has 1 fully saturated rings. The van der Waals surface area contributed by atoms with Crippen molar-refractivity contribution in [1.29, 1.82) is 0 Å². The molecule has 3 aromatic rings. The highest BCUT2D eigenvalue weighted by Gasteiger charge is 2.25. The Kier molecular flexibility index (Phi) is 5.88. The van der Waals surface area contributed by atoms with Gasteiger partial charge >= 0.3 is 0 Å². The molecule has 0 radical (unpaired) electrons. The molecular formula is C24H31N3O2. The molecular weight excluding hydrogens is 362 g/mol. The molecule has 4 rings (SSSR count). The molecule has 1 heterocycles. The summed E-state index contributed by atoms with van der Waals surface area (Å²) in [7, 11) is 0. The lowest BCUT2D eigenvalue weighted by molar-refractivity contribution is -0.0759. The Morgan fingerprint density at radius 2 is 1.72 bits per heavy atom. The predicted molar refractivity (Wildman–Crippen MR) is 116 cm³/mol. The molecule has 154 valence electrons. The second-order valence-corrected chi connectivity index (χ2v) is 8.91. The van der Waals surface area contributed by atoms with E-state index < -0.39 is 0 Å². The van der Waals surface area contributed by atoms with E-state index in [1.54, 1.807) is 6.33 Å². The summed E-state index contributed by atoms with van der Waals surface area (Å²) in [5, 5.41) is 3.70. The van der Waals surface area contributed by atoms with Crippen molar-refractivity contribution in [1.82, 2.24) is 15.3 Å². The number of hydrogen-bond donors (Lipinski definition) is 2. The van der Waals surface area contributed by atoms with Gasteiger partial charge in [0.05, 0.1) is 29.1 Å². The summed E-state index contributed by atoms with van der Waals surface area (Å²) in [6.45, 7) is 7.30. The van der Waals surface area contributed by atoms with E-state index in [0.717, 1.165) is 41.9 Å². The smallest absolute Gasteiger partial charge is 0.129 e. The van der Waals surface area contributed by atoms with Gasteiger partial charge in [-0.3, -0.25) is 0 Å². The van der Waals surface area contributed by atoms with Gasteiger partial charge in [0, 0.05) is 18.7 Å². The third-order valence-corrected chi connectivity index (χ3v) is 5.34. The minimum Gasteiger partial charge on any atom is -0.457 e. The van der Waals surface area contributed by atoms with E-state index in [0.29, 0.717) is 12.1 Å². The molecule has 5 nitrogen and oxygen atoms in total. The van der Waals surface area contributed by atoms with Gasteiger partial charge in [-0.1, -0.05) is 12.1 Å². The zero-order valence-corrected chi connectivity index (χ0v) is 17.6. The number of aromatic amines is 1. The van der Waals surface area contributed by atoms with Gasteiger partial charge in [0.2, 0.25) is 0 Å². The maximum atomic E-state index is 6.12. The van der Waals surface area contributed by atoms with Crippen LogP contribution in [0.25, 0.3) is 11.0 Å². The van der Waals surface area contributed by atoms with Crippen LogP contribution >= 0.6 is 0 Å². The van der Waals surface area contributed by atoms with E-state index in [4.69, 9.17) is 9.47 Å². The fraction of sp³-hybridized carbons (Fsp3) is 0.458. The number of H-pyrrole nitrogens is 1. The molecule has 2 aromatic carbocycles. The number of imidazole rings is 1. The van der Waals surface area contributed by atoms with Crippen molar-refractivity contribution in [3.05, 3.63) is 54.4 Å². The van der Waals surface area contributed by atoms with Crippen molar-refractivity contribution >= 4 is 11.0 Å². The largest absolute Gasteiger partial charge is 0.457 e. The summed E-state index contributed by atoms with van der Waals surface area (Å²) in [4.78, 5) is 7.34. The molecule has 0 saturated heterocycles. The first-order valence-electron chi connectivity index (χ1n) is 10.6. The highest BCUT2D eigenvalue weighted by molar-refractivity contribution is 5.76. The molecule has 0 spiro atoms. The number of nitrogens with one attached hydrogen (secondary N) is 2. The van der Waals surface area contributed by atoms with Gasteiger partial charge in [-0.05, 0) is 76.3 Å². The van der Waals surface area contributed by atoms with Gasteiger partial charge < -0.3 is 19.8 Å². The fourth-order valence-electron chi connectivity index (χ4n) is 3.94. The normalized spacial score (nSPS) is 20.1. The Hall–Kier alpha value is -2.37. The Balaban J connectivity index is 1.24. The van der Waals surface area contributed by atoms with Crippen LogP contribution in [0.3, 0.4) is 0 Å². The van der Waals surface area contributed by atoms with Crippen LogP contribution in [-0.4, -0.2) is 27.7 Å². The van der Waals surface area contributed by atoms with Crippen LogP contribution in [0.1, 0.15) is 52.0 Å². The summed E-state index contributed by atoms with van der Waals surface area (Å²) in [5.74, 6) is 1.65. The Labute approximate surface area is 172 Å². The van der Waals surface area contributed by atoms with Crippen LogP contribution in [0.15, 0.2) is 48.8 Å². The van der Waals surface area contributed by atoms with Gasteiger partial charge in [0.15, 0.2) is 0 Å². The van der Waals surface area contributed by atoms with Crippen molar-refractivity contribution in [3.8, 4) is 11.5 Å². The van der Waals surface area contributed by atoms with Crippen molar-refractivity contribution in [2.75, 3.05) is 0 Å². The average Bonchev–Trinajstić information content (AvgIpc) is 3.15. The number of hydrogen-bond acceptors (Lipinski definition) is 4. The lowest BCUT2D eigenvalue weighted by atomic mass is 9.92. The predicted octanol–water partition coefficient (Wildman–Crippen LogP) is 5.57. The zero-order valence-electron chi connectivity index (χ0n) is 17.6. The van der Waals surface area contributed by atoms with Crippen molar-refractivity contribution in [2.24, 2.45) is 0 Å². The van der Waals surface area contributed by atoms with E-state index in [2.05, 4.69) is 48.2 Å². The average molecular weight is 394 g/mol. The lowest BCUT2D eigenvalue weighted by Crippen LogP contribution is -2.37. The molecule has 0 bridgehead atoms. The number of aromatic nitrogens is 2. The summed E-state index contributed by atoms with van der Waals surface area (Å²) >= 11 is 0. The second kappa shape index (κ2) is 8.56. The molecule has 2 N–H and O–H groups in total. The van der Waals surface area contributed by atoms with Crippen LogP contribution in [-0.2, 0) is 11.3 Å². The lowest BCUT2D eigenvalue weighted by Gasteiger charge is -2.33. The quantitative estimate of drug-likeness (QED) is 0.575. The topological polar surface area (TPSA) is 59.2 Å². The molecule has 0 aliphatic heterocycles. The summed E-state index contributed by atoms with van der Waals surface area (Å²) in [6, 6.07) is 14.8. The van der Waals surface area contributed by atoms with Crippen LogP contribution in [0.4, 0.5) is 0 Å². The van der Waals surface area contributed by atoms with Crippen LogP contribution in [0, 0.1) is 0 Å². The van der Waals surface area contributed by atoms with Crippen molar-refractivity contribution < 1.29 is 9.47 Å². The van der Waals surface area contributed by atoms with E-state index in [-0.39, 0.29) is 5.60 Å². The Bertz CT molecular complexity index is 919. The molecule has 0 unspecified atom stereocenters. The standard InChI is InChI=1S/C24H31N3O2/c1-24(2,3)29-20-10-6-18(7-11-20)25-15-17-4-8-19(9-5-17)28-21-12-13-22-23(14-21)27-16-26-22/h4-5,8-9,12-14,16,18,20,25H,6-7,10-11,15H2,1-3H3,(H,26,27)/t18-,20-. The van der Waals surface area contributed by atoms with Crippen LogP contribution < -0.4 is 10.1 Å². The number of benzene rings is 2. The SMILES string of the molecule is CC(C)(C)O[C@H]1CC[C@H](NCc2ccc(Oc3ccc4nc[nH]c4c3)cc2)CC1. The van der Waals surface area contributed by atoms with E-state index in [1.165, 1.54) is 18.4 Å². The van der Waals surface area contributed by atoms with Gasteiger partial charge in [0.25, 0.3) is 0 Å². The Morgan fingerprint density at radius 1 is 1.00 bits per heavy atom. The molecule has 1 saturated carbocycles. The highest BCUT2D eigenvalue weighted by atomic mass is 16.5. The second-order valence-electron chi connectivity index (χ2n) is 8.91. The van der Waals surface area contributed by atoms with Crippen molar-refractivity contribution in [3.63, 3.8) is 0 Å². The minimum absolute atomic E-state index is 0.0428. The molecule has 29 heavy (non-hydrogen) atoms. The first-order chi connectivity index (χ1) is 13.9. The van der Waals surface area contributed by atoms with Crippen LogP contribution in [0.5, 0.6) is 11.5 Å². The van der Waals surface area contributed by atoms with Gasteiger partial charge in [0.1, 0.15) is 11.5 Å². The fourth-order valence-corrected chi connectivity index (χ4v) is 3.94. The van der Waals surface area contributed by atoms with E-state index >= 15 is 0 Å². The highest BCUT2D eigenvalue weighted by Crippen LogP contribution is 2.26. The molecule has 0 atom stereocenters. The molecule has 1 aliphatic rings. The number of nitrogens with zero attached hydrogens (tertiary/aromatic N) is 1. The molecule has 5 heteroatoms. The maximum absolute atomic E-state index is 6.12. The molecule has 1 aromatic heterocycles. The summed E-state index contributed by atoms with van der Waals surface area (Å²) in [5.41, 5.74) is 3.15. The van der Waals surface area contributed by atoms with Gasteiger partial charge in [-0.25, -0.2) is 4.98 Å². The number of ether oxygens (including phenoxy) is 2. The third kappa shape index (κ3) is 5.58. The van der Waals surface area contributed by atoms with Crippen molar-refractivity contribution in [2.45, 2.75) is 70.7 Å². The third-order valence-electron chi connectivity index (χ3n) is 5.34. The van der Waals surface area contributed by atoms with Gasteiger partial charge in [-0.15, -0.1) is 0 Å². The zero-order chi connectivity index (χ0) is 20.3. The maximum Gasteiger partial charge on any atom is 0.129 e. The molecule has 0 amide bonds. The minimum atomic E-state index is -0.0428. The first-order valence-corrected chi connectivity index (χ1v) is 10.6. The van der Waals surface area contributed by atoms with Gasteiger partial charge in [-0.2, -0.15) is 0 Å². The van der Waals surface area contributed by atoms with Crippen LogP contribution in [0.2, 0.25) is 0 Å². The van der Waals surface area contributed by atoms with E-state index in [1.807, 2.05) is 30.3 Å². The first kappa shape index (κ1) is 19.9. The molecule has 1 aliphatic carbocycles. The summed E-state index contributed by atoms with van der Waals surface area (Å²) < 4.78 is 12.1. The number of rotatable bonds is 6. The van der Waals surface area contributed by atoms with E-state index in [9.17, 15) is 0 Å².